The lowest BCUT2D eigenvalue weighted by molar-refractivity contribution is 0.527. The van der Waals surface area contributed by atoms with Gasteiger partial charge < -0.3 is 5.32 Å². The van der Waals surface area contributed by atoms with Crippen LogP contribution >= 0.6 is 23.2 Å². The van der Waals surface area contributed by atoms with E-state index >= 15 is 0 Å². The van der Waals surface area contributed by atoms with Gasteiger partial charge in [-0.3, -0.25) is 0 Å². The van der Waals surface area contributed by atoms with Crippen molar-refractivity contribution in [2.45, 2.75) is 25.3 Å². The summed E-state index contributed by atoms with van der Waals surface area (Å²) in [7, 11) is 2.00. The van der Waals surface area contributed by atoms with E-state index in [0.29, 0.717) is 6.04 Å². The van der Waals surface area contributed by atoms with Crippen LogP contribution in [0.1, 0.15) is 30.0 Å². The first-order valence-corrected chi connectivity index (χ1v) is 7.63. The van der Waals surface area contributed by atoms with Crippen LogP contribution in [-0.2, 0) is 6.42 Å². The van der Waals surface area contributed by atoms with Crippen molar-refractivity contribution >= 4 is 23.2 Å². The zero-order valence-electron chi connectivity index (χ0n) is 11.6. The number of nitrogens with one attached hydrogen (secondary N) is 1. The Bertz CT molecular complexity index is 520. The fourth-order valence-electron chi connectivity index (χ4n) is 2.42. The molecule has 2 rings (SSSR count). The lowest BCUT2D eigenvalue weighted by Gasteiger charge is -2.17. The van der Waals surface area contributed by atoms with Gasteiger partial charge in [-0.2, -0.15) is 0 Å². The Morgan fingerprint density at radius 1 is 0.950 bits per heavy atom. The number of benzene rings is 2. The number of hydrogen-bond acceptors (Lipinski definition) is 1. The van der Waals surface area contributed by atoms with Gasteiger partial charge in [0.05, 0.1) is 0 Å². The molecule has 1 N–H and O–H groups in total. The highest BCUT2D eigenvalue weighted by Crippen LogP contribution is 2.27. The molecule has 0 aliphatic rings. The van der Waals surface area contributed by atoms with Crippen molar-refractivity contribution in [2.75, 3.05) is 7.05 Å². The van der Waals surface area contributed by atoms with Gasteiger partial charge in [-0.15, -0.1) is 0 Å². The van der Waals surface area contributed by atoms with Gasteiger partial charge in [0.15, 0.2) is 0 Å². The van der Waals surface area contributed by atoms with E-state index in [1.165, 1.54) is 5.56 Å². The maximum absolute atomic E-state index is 6.20. The molecular weight excluding hydrogens is 289 g/mol. The highest BCUT2D eigenvalue weighted by Gasteiger charge is 2.10. The van der Waals surface area contributed by atoms with Crippen LogP contribution < -0.4 is 5.32 Å². The van der Waals surface area contributed by atoms with Crippen LogP contribution in [-0.4, -0.2) is 7.05 Å². The molecular formula is C17H19Cl2N. The molecule has 106 valence electrons. The van der Waals surface area contributed by atoms with Crippen LogP contribution in [0, 0.1) is 0 Å². The minimum atomic E-state index is 0.373. The largest absolute Gasteiger partial charge is 0.313 e. The quantitative estimate of drug-likeness (QED) is 0.766. The minimum absolute atomic E-state index is 0.373. The first kappa shape index (κ1) is 15.4. The van der Waals surface area contributed by atoms with Gasteiger partial charge in [0.1, 0.15) is 0 Å². The molecule has 0 fully saturated rings. The topological polar surface area (TPSA) is 12.0 Å². The number of halogens is 2. The first-order chi connectivity index (χ1) is 9.72. The minimum Gasteiger partial charge on any atom is -0.313 e. The predicted octanol–water partition coefficient (Wildman–Crippen LogP) is 5.28. The summed E-state index contributed by atoms with van der Waals surface area (Å²) >= 11 is 12.4. The standard InChI is InChI=1S/C17H19Cl2N/c1-20-17(13-7-3-2-4-8-13)12-5-9-14-15(18)10-6-11-16(14)19/h2-4,6-8,10-11,17,20H,5,9,12H2,1H3. The Kier molecular flexibility index (Phi) is 5.90. The molecule has 2 aromatic rings. The van der Waals surface area contributed by atoms with Crippen molar-refractivity contribution in [1.82, 2.24) is 5.32 Å². The fraction of sp³-hybridized carbons (Fsp3) is 0.294. The van der Waals surface area contributed by atoms with Crippen molar-refractivity contribution in [1.29, 1.82) is 0 Å². The predicted molar refractivity (Wildman–Crippen MR) is 87.6 cm³/mol. The Balaban J connectivity index is 1.95. The summed E-state index contributed by atoms with van der Waals surface area (Å²) in [4.78, 5) is 0. The van der Waals surface area contributed by atoms with Crippen LogP contribution in [0.25, 0.3) is 0 Å². The molecule has 1 nitrogen and oxygen atoms in total. The van der Waals surface area contributed by atoms with E-state index in [-0.39, 0.29) is 0 Å². The summed E-state index contributed by atoms with van der Waals surface area (Å²) in [6, 6.07) is 16.6. The van der Waals surface area contributed by atoms with Crippen LogP contribution in [0.2, 0.25) is 10.0 Å². The molecule has 1 atom stereocenters. The maximum Gasteiger partial charge on any atom is 0.0452 e. The lowest BCUT2D eigenvalue weighted by atomic mass is 9.99. The lowest BCUT2D eigenvalue weighted by Crippen LogP contribution is -2.16. The van der Waals surface area contributed by atoms with Crippen molar-refractivity contribution in [3.05, 3.63) is 69.7 Å². The Labute approximate surface area is 130 Å². The molecule has 0 bridgehead atoms. The smallest absolute Gasteiger partial charge is 0.0452 e. The van der Waals surface area contributed by atoms with Gasteiger partial charge in [0.2, 0.25) is 0 Å². The molecule has 0 aromatic heterocycles. The molecule has 0 heterocycles. The van der Waals surface area contributed by atoms with Crippen molar-refractivity contribution < 1.29 is 0 Å². The van der Waals surface area contributed by atoms with E-state index in [4.69, 9.17) is 23.2 Å². The van der Waals surface area contributed by atoms with E-state index in [1.807, 2.05) is 31.3 Å². The van der Waals surface area contributed by atoms with Gasteiger partial charge in [0, 0.05) is 16.1 Å². The third kappa shape index (κ3) is 3.99. The SMILES string of the molecule is CNC(CCCc1c(Cl)cccc1Cl)c1ccccc1. The normalized spacial score (nSPS) is 12.3. The van der Waals surface area contributed by atoms with Gasteiger partial charge >= 0.3 is 0 Å². The molecule has 0 amide bonds. The second-order valence-corrected chi connectivity index (χ2v) is 5.66. The molecule has 3 heteroatoms. The summed E-state index contributed by atoms with van der Waals surface area (Å²) in [5, 5.41) is 4.89. The van der Waals surface area contributed by atoms with Gasteiger partial charge in [0.25, 0.3) is 0 Å². The number of rotatable bonds is 6. The third-order valence-corrected chi connectivity index (χ3v) is 4.24. The monoisotopic (exact) mass is 307 g/mol. The molecule has 0 saturated carbocycles. The summed E-state index contributed by atoms with van der Waals surface area (Å²) in [6.07, 6.45) is 3.01. The second-order valence-electron chi connectivity index (χ2n) is 4.84. The fourth-order valence-corrected chi connectivity index (χ4v) is 3.00. The van der Waals surface area contributed by atoms with Crippen molar-refractivity contribution in [3.8, 4) is 0 Å². The Morgan fingerprint density at radius 3 is 2.20 bits per heavy atom. The first-order valence-electron chi connectivity index (χ1n) is 6.87. The summed E-state index contributed by atoms with van der Waals surface area (Å²) in [6.45, 7) is 0. The molecule has 1 unspecified atom stereocenters. The molecule has 0 radical (unpaired) electrons. The zero-order valence-corrected chi connectivity index (χ0v) is 13.1. The molecule has 2 aromatic carbocycles. The highest BCUT2D eigenvalue weighted by atomic mass is 35.5. The molecule has 0 aliphatic heterocycles. The van der Waals surface area contributed by atoms with E-state index < -0.39 is 0 Å². The highest BCUT2D eigenvalue weighted by molar-refractivity contribution is 6.35. The number of hydrogen-bond donors (Lipinski definition) is 1. The molecule has 0 saturated heterocycles. The van der Waals surface area contributed by atoms with Gasteiger partial charge in [-0.05, 0) is 49.6 Å². The summed E-state index contributed by atoms with van der Waals surface area (Å²) in [5.41, 5.74) is 2.37. The second kappa shape index (κ2) is 7.68. The molecule has 0 aliphatic carbocycles. The van der Waals surface area contributed by atoms with Crippen LogP contribution in [0.15, 0.2) is 48.5 Å². The van der Waals surface area contributed by atoms with Crippen LogP contribution in [0.3, 0.4) is 0 Å². The van der Waals surface area contributed by atoms with Crippen molar-refractivity contribution in [3.63, 3.8) is 0 Å². The van der Waals surface area contributed by atoms with E-state index in [9.17, 15) is 0 Å². The average molecular weight is 308 g/mol. The van der Waals surface area contributed by atoms with Gasteiger partial charge in [-0.25, -0.2) is 0 Å². The Hall–Kier alpha value is -1.02. The van der Waals surface area contributed by atoms with Crippen LogP contribution in [0.4, 0.5) is 0 Å². The van der Waals surface area contributed by atoms with Crippen molar-refractivity contribution in [2.24, 2.45) is 0 Å². The Morgan fingerprint density at radius 2 is 1.60 bits per heavy atom. The average Bonchev–Trinajstić information content (AvgIpc) is 2.47. The van der Waals surface area contributed by atoms with E-state index in [1.54, 1.807) is 0 Å². The third-order valence-electron chi connectivity index (χ3n) is 3.53. The van der Waals surface area contributed by atoms with Crippen LogP contribution in [0.5, 0.6) is 0 Å². The molecule has 0 spiro atoms. The maximum atomic E-state index is 6.20. The van der Waals surface area contributed by atoms with E-state index in [0.717, 1.165) is 34.9 Å². The van der Waals surface area contributed by atoms with Gasteiger partial charge in [-0.1, -0.05) is 59.6 Å². The zero-order chi connectivity index (χ0) is 14.4. The van der Waals surface area contributed by atoms with E-state index in [2.05, 4.69) is 29.6 Å². The summed E-state index contributed by atoms with van der Waals surface area (Å²) in [5.74, 6) is 0. The summed E-state index contributed by atoms with van der Waals surface area (Å²) < 4.78 is 0. The molecule has 20 heavy (non-hydrogen) atoms.